The van der Waals surface area contributed by atoms with Gasteiger partial charge in [0.1, 0.15) is 6.10 Å². The smallest absolute Gasteiger partial charge is 0.106 e. The minimum Gasteiger partial charge on any atom is -0.368 e. The maximum atomic E-state index is 5.21. The van der Waals surface area contributed by atoms with E-state index in [0.717, 1.165) is 18.6 Å². The quantitative estimate of drug-likeness (QED) is 0.543. The molecule has 0 bridgehead atoms. The van der Waals surface area contributed by atoms with Crippen molar-refractivity contribution >= 4 is 0 Å². The van der Waals surface area contributed by atoms with E-state index in [1.807, 2.05) is 38.1 Å². The average Bonchev–Trinajstić information content (AvgIpc) is 3.26. The second-order valence-corrected chi connectivity index (χ2v) is 3.44. The third-order valence-electron chi connectivity index (χ3n) is 2.14. The van der Waals surface area contributed by atoms with Gasteiger partial charge in [-0.15, -0.1) is 6.42 Å². The molecule has 1 radical (unpaired) electrons. The van der Waals surface area contributed by atoms with Gasteiger partial charge >= 0.3 is 0 Å². The highest BCUT2D eigenvalue weighted by Gasteiger charge is 2.23. The fourth-order valence-corrected chi connectivity index (χ4v) is 1.03. The van der Waals surface area contributed by atoms with E-state index in [4.69, 9.17) is 11.2 Å². The van der Waals surface area contributed by atoms with Crippen molar-refractivity contribution in [2.45, 2.75) is 39.7 Å². The van der Waals surface area contributed by atoms with E-state index in [9.17, 15) is 0 Å². The van der Waals surface area contributed by atoms with E-state index < -0.39 is 0 Å². The Morgan fingerprint density at radius 3 is 2.12 bits per heavy atom. The number of hydrogen-bond donors (Lipinski definition) is 0. The first-order valence-corrected chi connectivity index (χ1v) is 6.29. The van der Waals surface area contributed by atoms with Crippen LogP contribution in [0.15, 0.2) is 24.3 Å². The summed E-state index contributed by atoms with van der Waals surface area (Å²) in [7, 11) is 0. The van der Waals surface area contributed by atoms with Crippen molar-refractivity contribution in [1.29, 1.82) is 0 Å². The molecule has 0 saturated carbocycles. The van der Waals surface area contributed by atoms with Crippen LogP contribution < -0.4 is 0 Å². The largest absolute Gasteiger partial charge is 0.368 e. The van der Waals surface area contributed by atoms with Crippen molar-refractivity contribution in [3.05, 3.63) is 42.3 Å². The highest BCUT2D eigenvalue weighted by Crippen LogP contribution is 2.29. The molecule has 93 valence electrons. The zero-order valence-electron chi connectivity index (χ0n) is 11.2. The van der Waals surface area contributed by atoms with Gasteiger partial charge in [-0.05, 0) is 17.7 Å². The fraction of sp³-hybridized carbons (Fsp3) is 0.438. The van der Waals surface area contributed by atoms with Crippen molar-refractivity contribution in [1.82, 2.24) is 0 Å². The molecular formula is C16H23O. The Bertz CT molecular complexity index is 312. The molecule has 1 fully saturated rings. The van der Waals surface area contributed by atoms with Gasteiger partial charge in [0.05, 0.1) is 6.61 Å². The van der Waals surface area contributed by atoms with E-state index in [2.05, 4.69) is 19.8 Å². The second kappa shape index (κ2) is 9.93. The van der Waals surface area contributed by atoms with Crippen molar-refractivity contribution < 1.29 is 4.74 Å². The number of epoxide rings is 1. The third-order valence-corrected chi connectivity index (χ3v) is 2.14. The number of terminal acetylenes is 1. The maximum absolute atomic E-state index is 5.21. The van der Waals surface area contributed by atoms with Gasteiger partial charge < -0.3 is 4.74 Å². The van der Waals surface area contributed by atoms with Crippen molar-refractivity contribution in [3.8, 4) is 12.3 Å². The molecule has 2 rings (SSSR count). The molecule has 1 aliphatic rings. The Kier molecular flexibility index (Phi) is 9.19. The molecule has 1 unspecified atom stereocenters. The van der Waals surface area contributed by atoms with Crippen LogP contribution in [0.5, 0.6) is 0 Å². The van der Waals surface area contributed by atoms with E-state index in [1.165, 1.54) is 12.0 Å². The highest BCUT2D eigenvalue weighted by molar-refractivity contribution is 5.35. The molecule has 0 aliphatic carbocycles. The lowest BCUT2D eigenvalue weighted by molar-refractivity contribution is 0.415. The van der Waals surface area contributed by atoms with Crippen molar-refractivity contribution in [2.75, 3.05) is 6.61 Å². The summed E-state index contributed by atoms with van der Waals surface area (Å²) >= 11 is 0. The molecule has 1 nitrogen and oxygen atoms in total. The van der Waals surface area contributed by atoms with Crippen LogP contribution in [0, 0.1) is 19.3 Å². The monoisotopic (exact) mass is 231 g/mol. The van der Waals surface area contributed by atoms with E-state index in [1.54, 1.807) is 0 Å². The summed E-state index contributed by atoms with van der Waals surface area (Å²) in [6.45, 7) is 10.6. The topological polar surface area (TPSA) is 12.5 Å². The molecule has 17 heavy (non-hydrogen) atoms. The molecule has 0 N–H and O–H groups in total. The summed E-state index contributed by atoms with van der Waals surface area (Å²) in [4.78, 5) is 0. The van der Waals surface area contributed by atoms with Crippen LogP contribution >= 0.6 is 0 Å². The molecule has 1 aromatic carbocycles. The second-order valence-electron chi connectivity index (χ2n) is 3.44. The SMILES string of the molecule is C#Cc1ccc(C2CO2)cc1.CC.[CH2]CCC. The summed E-state index contributed by atoms with van der Waals surface area (Å²) in [6.07, 6.45) is 7.82. The number of hydrogen-bond acceptors (Lipinski definition) is 1. The standard InChI is InChI=1S/C10H8O.C4H9.C2H6/c1-2-8-3-5-9(6-4-8)10-7-11-10;1-3-4-2;1-2/h1,3-6,10H,7H2;1,3-4H2,2H3;1-2H3. The molecule has 1 heteroatoms. The zero-order chi connectivity index (χ0) is 13.1. The lowest BCUT2D eigenvalue weighted by Crippen LogP contribution is -1.80. The minimum atomic E-state index is 0.335. The van der Waals surface area contributed by atoms with Crippen LogP contribution in [-0.2, 0) is 4.74 Å². The van der Waals surface area contributed by atoms with Gasteiger partial charge in [-0.1, -0.05) is 58.6 Å². The van der Waals surface area contributed by atoms with Gasteiger partial charge in [0.2, 0.25) is 0 Å². The Morgan fingerprint density at radius 2 is 1.82 bits per heavy atom. The van der Waals surface area contributed by atoms with Crippen LogP contribution in [-0.4, -0.2) is 6.61 Å². The average molecular weight is 231 g/mol. The van der Waals surface area contributed by atoms with E-state index >= 15 is 0 Å². The van der Waals surface area contributed by atoms with Crippen molar-refractivity contribution in [2.24, 2.45) is 0 Å². The van der Waals surface area contributed by atoms with Crippen LogP contribution in [0.2, 0.25) is 0 Å². The summed E-state index contributed by atoms with van der Waals surface area (Å²) in [5, 5.41) is 0. The predicted molar refractivity (Wildman–Crippen MR) is 74.7 cm³/mol. The van der Waals surface area contributed by atoms with E-state index in [-0.39, 0.29) is 0 Å². The Hall–Kier alpha value is -1.26. The number of unbranched alkanes of at least 4 members (excludes halogenated alkanes) is 1. The molecule has 1 aromatic rings. The van der Waals surface area contributed by atoms with Crippen LogP contribution in [0.4, 0.5) is 0 Å². The molecular weight excluding hydrogens is 208 g/mol. The Morgan fingerprint density at radius 1 is 1.35 bits per heavy atom. The first-order chi connectivity index (χ1) is 8.31. The molecule has 0 aromatic heterocycles. The van der Waals surface area contributed by atoms with Crippen molar-refractivity contribution in [3.63, 3.8) is 0 Å². The molecule has 1 saturated heterocycles. The van der Waals surface area contributed by atoms with Gasteiger partial charge in [-0.3, -0.25) is 0 Å². The van der Waals surface area contributed by atoms with Crippen LogP contribution in [0.3, 0.4) is 0 Å². The first-order valence-electron chi connectivity index (χ1n) is 6.29. The zero-order valence-corrected chi connectivity index (χ0v) is 11.2. The summed E-state index contributed by atoms with van der Waals surface area (Å²) in [5.74, 6) is 2.57. The molecule has 1 heterocycles. The highest BCUT2D eigenvalue weighted by atomic mass is 16.6. The fourth-order valence-electron chi connectivity index (χ4n) is 1.03. The summed E-state index contributed by atoms with van der Waals surface area (Å²) in [5.41, 5.74) is 2.15. The molecule has 0 spiro atoms. The number of rotatable bonds is 2. The lowest BCUT2D eigenvalue weighted by Gasteiger charge is -1.94. The third kappa shape index (κ3) is 6.81. The summed E-state index contributed by atoms with van der Waals surface area (Å²) < 4.78 is 5.12. The first kappa shape index (κ1) is 15.7. The molecule has 1 aliphatic heterocycles. The van der Waals surface area contributed by atoms with Gasteiger partial charge in [0.15, 0.2) is 0 Å². The van der Waals surface area contributed by atoms with Gasteiger partial charge in [0, 0.05) is 5.56 Å². The van der Waals surface area contributed by atoms with Gasteiger partial charge in [-0.25, -0.2) is 0 Å². The number of ether oxygens (including phenoxy) is 1. The maximum Gasteiger partial charge on any atom is 0.106 e. The van der Waals surface area contributed by atoms with Crippen LogP contribution in [0.1, 0.15) is 50.8 Å². The van der Waals surface area contributed by atoms with Crippen LogP contribution in [0.25, 0.3) is 0 Å². The summed E-state index contributed by atoms with van der Waals surface area (Å²) in [6, 6.07) is 7.92. The minimum absolute atomic E-state index is 0.335. The Labute approximate surface area is 106 Å². The van der Waals surface area contributed by atoms with Gasteiger partial charge in [0.25, 0.3) is 0 Å². The normalized spacial score (nSPS) is 15.6. The Balaban J connectivity index is 0.000000368. The lowest BCUT2D eigenvalue weighted by atomic mass is 10.1. The van der Waals surface area contributed by atoms with Gasteiger partial charge in [-0.2, -0.15) is 0 Å². The molecule has 0 amide bonds. The van der Waals surface area contributed by atoms with E-state index in [0.29, 0.717) is 6.10 Å². The number of benzene rings is 1. The molecule has 1 atom stereocenters. The predicted octanol–water partition coefficient (Wildman–Crippen LogP) is 4.39.